The van der Waals surface area contributed by atoms with Crippen LogP contribution in [0.4, 0.5) is 0 Å². The Hall–Kier alpha value is -0.990. The zero-order valence-corrected chi connectivity index (χ0v) is 21.4. The highest BCUT2D eigenvalue weighted by Crippen LogP contribution is 2.44. The van der Waals surface area contributed by atoms with Crippen molar-refractivity contribution >= 4 is 19.8 Å². The highest BCUT2D eigenvalue weighted by Gasteiger charge is 2.30. The smallest absolute Gasteiger partial charge is 0.472 e. The Morgan fingerprint density at radius 2 is 1.33 bits per heavy atom. The number of phosphoric ester groups is 1. The number of phosphoric acid groups is 1. The lowest BCUT2D eigenvalue weighted by molar-refractivity contribution is -0.144. The summed E-state index contributed by atoms with van der Waals surface area (Å²) in [4.78, 5) is 32.0. The van der Waals surface area contributed by atoms with Crippen molar-refractivity contribution in [2.45, 2.75) is 122 Å². The van der Waals surface area contributed by atoms with Gasteiger partial charge in [-0.05, 0) is 13.3 Å². The van der Waals surface area contributed by atoms with Crippen molar-refractivity contribution in [3.63, 3.8) is 0 Å². The summed E-state index contributed by atoms with van der Waals surface area (Å²) in [5.41, 5.74) is 5.32. The third kappa shape index (κ3) is 20.1. The predicted octanol–water partition coefficient (Wildman–Crippen LogP) is 5.34. The van der Waals surface area contributed by atoms with Crippen molar-refractivity contribution < 1.29 is 37.9 Å². The molecule has 0 radical (unpaired) electrons. The third-order valence-corrected chi connectivity index (χ3v) is 6.49. The maximum Gasteiger partial charge on any atom is 0.472 e. The Bertz CT molecular complexity index is 561. The van der Waals surface area contributed by atoms with Crippen molar-refractivity contribution in [2.75, 3.05) is 13.2 Å². The van der Waals surface area contributed by atoms with Gasteiger partial charge in [0, 0.05) is 12.8 Å². The van der Waals surface area contributed by atoms with Gasteiger partial charge in [0.15, 0.2) is 0 Å². The van der Waals surface area contributed by atoms with Crippen LogP contribution in [0.1, 0.15) is 110 Å². The standard InChI is InChI=1S/C23H46NO8P/c1-3-4-5-6-7-8-9-10-11-12-13-14-15-17-21(25)30-18-16-19-31-33(28,29)32-20(2)22(24)23(26)27/h20,22H,3-19,24H2,1-2H3,(H,26,27)(H,28,29)/t20-,22-/m1/s1. The van der Waals surface area contributed by atoms with E-state index in [9.17, 15) is 19.0 Å². The normalized spacial score (nSPS) is 15.0. The van der Waals surface area contributed by atoms with E-state index < -0.39 is 25.9 Å². The maximum absolute atomic E-state index is 11.8. The molecule has 0 aliphatic carbocycles. The number of aliphatic carboxylic acids is 1. The fourth-order valence-electron chi connectivity index (χ4n) is 3.29. The average Bonchev–Trinajstić information content (AvgIpc) is 2.75. The van der Waals surface area contributed by atoms with Crippen LogP contribution in [0.3, 0.4) is 0 Å². The number of ether oxygens (including phenoxy) is 1. The fourth-order valence-corrected chi connectivity index (χ4v) is 4.26. The lowest BCUT2D eigenvalue weighted by Crippen LogP contribution is -2.41. The number of unbranched alkanes of at least 4 members (excludes halogenated alkanes) is 12. The largest absolute Gasteiger partial charge is 0.480 e. The Kier molecular flexibility index (Phi) is 19.8. The molecule has 196 valence electrons. The zero-order valence-electron chi connectivity index (χ0n) is 20.5. The van der Waals surface area contributed by atoms with Gasteiger partial charge in [0.2, 0.25) is 0 Å². The summed E-state index contributed by atoms with van der Waals surface area (Å²) >= 11 is 0. The predicted molar refractivity (Wildman–Crippen MR) is 128 cm³/mol. The molecule has 0 aromatic carbocycles. The van der Waals surface area contributed by atoms with E-state index in [1.54, 1.807) is 0 Å². The molecular weight excluding hydrogens is 449 g/mol. The maximum atomic E-state index is 11.8. The topological polar surface area (TPSA) is 145 Å². The molecule has 0 saturated heterocycles. The lowest BCUT2D eigenvalue weighted by Gasteiger charge is -2.19. The molecule has 1 unspecified atom stereocenters. The van der Waals surface area contributed by atoms with Gasteiger partial charge in [0.05, 0.1) is 19.3 Å². The highest BCUT2D eigenvalue weighted by molar-refractivity contribution is 7.47. The molecule has 0 amide bonds. The lowest BCUT2D eigenvalue weighted by atomic mass is 10.0. The SMILES string of the molecule is CCCCCCCCCCCCCCCC(=O)OCCCOP(=O)(O)O[C@H](C)[C@@H](N)C(=O)O. The first kappa shape index (κ1) is 32.0. The summed E-state index contributed by atoms with van der Waals surface area (Å²) in [6, 6.07) is -1.44. The molecule has 4 N–H and O–H groups in total. The Morgan fingerprint density at radius 1 is 0.848 bits per heavy atom. The van der Waals surface area contributed by atoms with E-state index >= 15 is 0 Å². The van der Waals surface area contributed by atoms with Crippen molar-refractivity contribution in [3.05, 3.63) is 0 Å². The van der Waals surface area contributed by atoms with Crippen LogP contribution in [0.25, 0.3) is 0 Å². The first-order valence-electron chi connectivity index (χ1n) is 12.5. The van der Waals surface area contributed by atoms with Gasteiger partial charge >= 0.3 is 19.8 Å². The van der Waals surface area contributed by atoms with E-state index in [0.717, 1.165) is 19.3 Å². The molecule has 0 spiro atoms. The summed E-state index contributed by atoms with van der Waals surface area (Å²) in [7, 11) is -4.43. The molecule has 0 aliphatic rings. The quantitative estimate of drug-likeness (QED) is 0.0971. The van der Waals surface area contributed by atoms with E-state index in [1.807, 2.05) is 0 Å². The summed E-state index contributed by atoms with van der Waals surface area (Å²) in [5.74, 6) is -1.64. The summed E-state index contributed by atoms with van der Waals surface area (Å²) in [6.07, 6.45) is 15.5. The molecule has 0 bridgehead atoms. The van der Waals surface area contributed by atoms with Crippen molar-refractivity contribution in [3.8, 4) is 0 Å². The number of hydrogen-bond acceptors (Lipinski definition) is 7. The highest BCUT2D eigenvalue weighted by atomic mass is 31.2. The molecule has 0 fully saturated rings. The first-order chi connectivity index (χ1) is 15.7. The second kappa shape index (κ2) is 20.4. The monoisotopic (exact) mass is 495 g/mol. The van der Waals surface area contributed by atoms with Gasteiger partial charge in [-0.25, -0.2) is 4.57 Å². The molecule has 0 rings (SSSR count). The van der Waals surface area contributed by atoms with Crippen LogP contribution in [-0.4, -0.2) is 47.3 Å². The minimum Gasteiger partial charge on any atom is -0.480 e. The molecule has 0 saturated carbocycles. The Balaban J connectivity index is 3.54. The fraction of sp³-hybridized carbons (Fsp3) is 0.913. The van der Waals surface area contributed by atoms with Gasteiger partial charge in [-0.3, -0.25) is 18.6 Å². The van der Waals surface area contributed by atoms with Crippen LogP contribution in [0.5, 0.6) is 0 Å². The number of hydrogen-bond donors (Lipinski definition) is 3. The summed E-state index contributed by atoms with van der Waals surface area (Å²) in [6.45, 7) is 3.41. The number of carbonyl (C=O) groups excluding carboxylic acids is 1. The van der Waals surface area contributed by atoms with E-state index in [-0.39, 0.29) is 25.6 Å². The van der Waals surface area contributed by atoms with Crippen molar-refractivity contribution in [2.24, 2.45) is 5.73 Å². The molecular formula is C23H46NO8P. The summed E-state index contributed by atoms with van der Waals surface area (Å²) < 4.78 is 26.3. The third-order valence-electron chi connectivity index (χ3n) is 5.38. The van der Waals surface area contributed by atoms with Crippen LogP contribution in [0, 0.1) is 0 Å². The molecule has 33 heavy (non-hydrogen) atoms. The van der Waals surface area contributed by atoms with E-state index in [4.69, 9.17) is 24.6 Å². The Labute approximate surface area is 199 Å². The zero-order chi connectivity index (χ0) is 25.0. The second-order valence-corrected chi connectivity index (χ2v) is 9.95. The minimum atomic E-state index is -4.43. The number of esters is 1. The summed E-state index contributed by atoms with van der Waals surface area (Å²) in [5, 5.41) is 8.75. The van der Waals surface area contributed by atoms with Crippen LogP contribution in [0.15, 0.2) is 0 Å². The van der Waals surface area contributed by atoms with Gasteiger partial charge < -0.3 is 20.5 Å². The number of nitrogens with two attached hydrogens (primary N) is 1. The number of carbonyl (C=O) groups is 2. The van der Waals surface area contributed by atoms with Gasteiger partial charge in [-0.2, -0.15) is 0 Å². The Morgan fingerprint density at radius 3 is 1.82 bits per heavy atom. The number of carboxylic acids is 1. The van der Waals surface area contributed by atoms with Crippen LogP contribution in [0.2, 0.25) is 0 Å². The van der Waals surface area contributed by atoms with Gasteiger partial charge in [0.25, 0.3) is 0 Å². The minimum absolute atomic E-state index is 0.0709. The first-order valence-corrected chi connectivity index (χ1v) is 14.0. The molecule has 0 aromatic rings. The van der Waals surface area contributed by atoms with E-state index in [1.165, 1.54) is 71.1 Å². The molecule has 10 heteroatoms. The average molecular weight is 496 g/mol. The molecule has 0 heterocycles. The van der Waals surface area contributed by atoms with Crippen molar-refractivity contribution in [1.29, 1.82) is 0 Å². The van der Waals surface area contributed by atoms with Gasteiger partial charge in [-0.1, -0.05) is 84.0 Å². The van der Waals surface area contributed by atoms with E-state index in [2.05, 4.69) is 6.92 Å². The number of rotatable bonds is 23. The van der Waals surface area contributed by atoms with Gasteiger partial charge in [0.1, 0.15) is 6.04 Å². The molecule has 9 nitrogen and oxygen atoms in total. The molecule has 3 atom stereocenters. The van der Waals surface area contributed by atoms with Crippen LogP contribution < -0.4 is 5.73 Å². The van der Waals surface area contributed by atoms with Crippen LogP contribution in [-0.2, 0) is 27.9 Å². The van der Waals surface area contributed by atoms with E-state index in [0.29, 0.717) is 6.42 Å². The molecule has 0 aliphatic heterocycles. The van der Waals surface area contributed by atoms with Crippen LogP contribution >= 0.6 is 7.82 Å². The van der Waals surface area contributed by atoms with Crippen molar-refractivity contribution in [1.82, 2.24) is 0 Å². The van der Waals surface area contributed by atoms with Gasteiger partial charge in [-0.15, -0.1) is 0 Å². The molecule has 0 aromatic heterocycles. The number of carboxylic acid groups (broad SMARTS) is 1. The second-order valence-electron chi connectivity index (χ2n) is 8.54.